The lowest BCUT2D eigenvalue weighted by Gasteiger charge is -2.08. The number of carbonyl (C=O) groups is 1. The molecule has 0 aliphatic carbocycles. The van der Waals surface area contributed by atoms with Crippen LogP contribution in [0.3, 0.4) is 0 Å². The molecule has 0 radical (unpaired) electrons. The molecular formula is C15H15FN2O. The van der Waals surface area contributed by atoms with Gasteiger partial charge in [-0.05, 0) is 61.4 Å². The van der Waals surface area contributed by atoms with E-state index in [1.54, 1.807) is 31.2 Å². The van der Waals surface area contributed by atoms with E-state index in [0.717, 1.165) is 11.1 Å². The number of anilines is 2. The molecule has 2 rings (SSSR count). The van der Waals surface area contributed by atoms with Gasteiger partial charge >= 0.3 is 0 Å². The van der Waals surface area contributed by atoms with E-state index in [1.807, 2.05) is 6.92 Å². The normalized spacial score (nSPS) is 10.3. The van der Waals surface area contributed by atoms with Crippen LogP contribution in [0.5, 0.6) is 0 Å². The molecule has 1 amide bonds. The highest BCUT2D eigenvalue weighted by Crippen LogP contribution is 2.16. The second-order valence-corrected chi connectivity index (χ2v) is 4.60. The fraction of sp³-hybridized carbons (Fsp3) is 0.133. The molecule has 0 unspecified atom stereocenters. The predicted octanol–water partition coefficient (Wildman–Crippen LogP) is 3.28. The maximum atomic E-state index is 13.2. The third kappa shape index (κ3) is 3.31. The van der Waals surface area contributed by atoms with E-state index in [0.29, 0.717) is 16.9 Å². The first kappa shape index (κ1) is 13.1. The number of aryl methyl sites for hydroxylation is 2. The van der Waals surface area contributed by atoms with Crippen molar-refractivity contribution in [3.8, 4) is 0 Å². The largest absolute Gasteiger partial charge is 0.399 e. The number of amides is 1. The van der Waals surface area contributed by atoms with Crippen LogP contribution < -0.4 is 11.1 Å². The van der Waals surface area contributed by atoms with Crippen molar-refractivity contribution >= 4 is 17.3 Å². The van der Waals surface area contributed by atoms with Crippen LogP contribution in [0, 0.1) is 19.7 Å². The van der Waals surface area contributed by atoms with Gasteiger partial charge < -0.3 is 11.1 Å². The second-order valence-electron chi connectivity index (χ2n) is 4.60. The van der Waals surface area contributed by atoms with Gasteiger partial charge in [-0.1, -0.05) is 0 Å². The molecule has 0 aromatic heterocycles. The summed E-state index contributed by atoms with van der Waals surface area (Å²) in [7, 11) is 0. The maximum absolute atomic E-state index is 13.2. The van der Waals surface area contributed by atoms with Crippen molar-refractivity contribution in [2.75, 3.05) is 11.1 Å². The summed E-state index contributed by atoms with van der Waals surface area (Å²) in [6.45, 7) is 3.63. The standard InChI is InChI=1S/C15H15FN2O/c1-9-3-11(7-13(17)5-9)15(19)18-14-6-10(2)4-12(16)8-14/h3-8H,17H2,1-2H3,(H,18,19). The number of nitrogens with two attached hydrogens (primary N) is 1. The lowest BCUT2D eigenvalue weighted by Crippen LogP contribution is -2.12. The predicted molar refractivity (Wildman–Crippen MR) is 74.7 cm³/mol. The smallest absolute Gasteiger partial charge is 0.255 e. The van der Waals surface area contributed by atoms with Crippen LogP contribution in [0.2, 0.25) is 0 Å². The number of nitrogen functional groups attached to an aromatic ring is 1. The molecule has 0 spiro atoms. The van der Waals surface area contributed by atoms with Gasteiger partial charge in [0.2, 0.25) is 0 Å². The highest BCUT2D eigenvalue weighted by Gasteiger charge is 2.08. The summed E-state index contributed by atoms with van der Waals surface area (Å²) < 4.78 is 13.2. The number of hydrogen-bond donors (Lipinski definition) is 2. The fourth-order valence-corrected chi connectivity index (χ4v) is 1.96. The van der Waals surface area contributed by atoms with Gasteiger partial charge in [0.25, 0.3) is 5.91 Å². The average Bonchev–Trinajstić information content (AvgIpc) is 2.25. The van der Waals surface area contributed by atoms with Crippen molar-refractivity contribution in [3.63, 3.8) is 0 Å². The molecule has 0 heterocycles. The summed E-state index contributed by atoms with van der Waals surface area (Å²) in [6.07, 6.45) is 0. The minimum absolute atomic E-state index is 0.305. The Morgan fingerprint density at radius 1 is 1.05 bits per heavy atom. The first-order valence-corrected chi connectivity index (χ1v) is 5.90. The van der Waals surface area contributed by atoms with Gasteiger partial charge in [0.1, 0.15) is 5.82 Å². The Morgan fingerprint density at radius 3 is 2.37 bits per heavy atom. The summed E-state index contributed by atoms with van der Waals surface area (Å²) in [5.41, 5.74) is 8.77. The Bertz CT molecular complexity index is 598. The van der Waals surface area contributed by atoms with Gasteiger partial charge in [0.05, 0.1) is 0 Å². The van der Waals surface area contributed by atoms with E-state index in [4.69, 9.17) is 5.73 Å². The minimum atomic E-state index is -0.376. The number of halogens is 1. The monoisotopic (exact) mass is 258 g/mol. The van der Waals surface area contributed by atoms with Crippen LogP contribution in [0.25, 0.3) is 0 Å². The highest BCUT2D eigenvalue weighted by molar-refractivity contribution is 6.04. The lowest BCUT2D eigenvalue weighted by atomic mass is 10.1. The quantitative estimate of drug-likeness (QED) is 0.812. The molecule has 3 nitrogen and oxygen atoms in total. The molecule has 0 saturated carbocycles. The Kier molecular flexibility index (Phi) is 3.51. The number of nitrogens with one attached hydrogen (secondary N) is 1. The highest BCUT2D eigenvalue weighted by atomic mass is 19.1. The molecule has 2 aromatic carbocycles. The van der Waals surface area contributed by atoms with Crippen molar-refractivity contribution in [1.82, 2.24) is 0 Å². The fourth-order valence-electron chi connectivity index (χ4n) is 1.96. The lowest BCUT2D eigenvalue weighted by molar-refractivity contribution is 0.102. The van der Waals surface area contributed by atoms with E-state index in [1.165, 1.54) is 12.1 Å². The van der Waals surface area contributed by atoms with Crippen LogP contribution >= 0.6 is 0 Å². The third-order valence-corrected chi connectivity index (χ3v) is 2.66. The molecule has 98 valence electrons. The van der Waals surface area contributed by atoms with E-state index in [2.05, 4.69) is 5.32 Å². The van der Waals surface area contributed by atoms with Crippen molar-refractivity contribution in [3.05, 3.63) is 58.9 Å². The van der Waals surface area contributed by atoms with Crippen LogP contribution in [0.15, 0.2) is 36.4 Å². The minimum Gasteiger partial charge on any atom is -0.399 e. The molecular weight excluding hydrogens is 243 g/mol. The van der Waals surface area contributed by atoms with Crippen molar-refractivity contribution in [2.24, 2.45) is 0 Å². The number of rotatable bonds is 2. The van der Waals surface area contributed by atoms with E-state index in [-0.39, 0.29) is 11.7 Å². The Balaban J connectivity index is 2.25. The van der Waals surface area contributed by atoms with Crippen molar-refractivity contribution in [1.29, 1.82) is 0 Å². The van der Waals surface area contributed by atoms with Crippen LogP contribution in [0.1, 0.15) is 21.5 Å². The summed E-state index contributed by atoms with van der Waals surface area (Å²) in [5.74, 6) is -0.681. The molecule has 0 aliphatic heterocycles. The zero-order chi connectivity index (χ0) is 14.0. The van der Waals surface area contributed by atoms with E-state index in [9.17, 15) is 9.18 Å². The number of hydrogen-bond acceptors (Lipinski definition) is 2. The molecule has 0 atom stereocenters. The van der Waals surface area contributed by atoms with Crippen LogP contribution in [0.4, 0.5) is 15.8 Å². The van der Waals surface area contributed by atoms with Gasteiger partial charge in [-0.25, -0.2) is 4.39 Å². The van der Waals surface area contributed by atoms with Crippen LogP contribution in [-0.4, -0.2) is 5.91 Å². The SMILES string of the molecule is Cc1cc(F)cc(NC(=O)c2cc(C)cc(N)c2)c1. The van der Waals surface area contributed by atoms with Gasteiger partial charge in [0, 0.05) is 16.9 Å². The molecule has 3 N–H and O–H groups in total. The zero-order valence-electron chi connectivity index (χ0n) is 10.8. The Labute approximate surface area is 111 Å². The summed E-state index contributed by atoms with van der Waals surface area (Å²) in [6, 6.07) is 9.50. The molecule has 0 aliphatic rings. The summed E-state index contributed by atoms with van der Waals surface area (Å²) in [4.78, 5) is 12.1. The molecule has 19 heavy (non-hydrogen) atoms. The number of benzene rings is 2. The Morgan fingerprint density at radius 2 is 1.74 bits per heavy atom. The van der Waals surface area contributed by atoms with Crippen molar-refractivity contribution < 1.29 is 9.18 Å². The third-order valence-electron chi connectivity index (χ3n) is 2.66. The molecule has 2 aromatic rings. The molecule has 4 heteroatoms. The molecule has 0 bridgehead atoms. The van der Waals surface area contributed by atoms with Gasteiger partial charge in [0.15, 0.2) is 0 Å². The summed E-state index contributed by atoms with van der Waals surface area (Å²) in [5, 5.41) is 2.66. The van der Waals surface area contributed by atoms with Crippen LogP contribution in [-0.2, 0) is 0 Å². The average molecular weight is 258 g/mol. The number of carbonyl (C=O) groups excluding carboxylic acids is 1. The topological polar surface area (TPSA) is 55.1 Å². The van der Waals surface area contributed by atoms with E-state index >= 15 is 0 Å². The molecule has 0 fully saturated rings. The van der Waals surface area contributed by atoms with Gasteiger partial charge in [-0.3, -0.25) is 4.79 Å². The van der Waals surface area contributed by atoms with Gasteiger partial charge in [-0.15, -0.1) is 0 Å². The zero-order valence-corrected chi connectivity index (χ0v) is 10.8. The first-order valence-electron chi connectivity index (χ1n) is 5.90. The summed E-state index contributed by atoms with van der Waals surface area (Å²) >= 11 is 0. The van der Waals surface area contributed by atoms with Gasteiger partial charge in [-0.2, -0.15) is 0 Å². The first-order chi connectivity index (χ1) is 8.94. The second kappa shape index (κ2) is 5.10. The molecule has 0 saturated heterocycles. The Hall–Kier alpha value is -2.36. The maximum Gasteiger partial charge on any atom is 0.255 e. The van der Waals surface area contributed by atoms with Crippen molar-refractivity contribution in [2.45, 2.75) is 13.8 Å². The van der Waals surface area contributed by atoms with E-state index < -0.39 is 0 Å².